The van der Waals surface area contributed by atoms with E-state index in [0.29, 0.717) is 25.9 Å². The van der Waals surface area contributed by atoms with Gasteiger partial charge < -0.3 is 19.0 Å². The number of allylic oxidation sites excluding steroid dienone is 1. The van der Waals surface area contributed by atoms with Gasteiger partial charge in [0.05, 0.1) is 31.0 Å². The molecular weight excluding hydrogens is 563 g/mol. The molecule has 4 atom stereocenters. The zero-order chi connectivity index (χ0) is 31.6. The lowest BCUT2D eigenvalue weighted by atomic mass is 9.80. The van der Waals surface area contributed by atoms with Crippen molar-refractivity contribution in [1.82, 2.24) is 0 Å². The molecule has 0 radical (unpaired) electrons. The molecule has 0 aliphatic carbocycles. The number of benzene rings is 3. The minimum atomic E-state index is -2.14. The predicted molar refractivity (Wildman–Crippen MR) is 180 cm³/mol. The monoisotopic (exact) mass is 611 g/mol. The highest BCUT2D eigenvalue weighted by Crippen LogP contribution is 2.43. The average Bonchev–Trinajstić information content (AvgIpc) is 3.42. The van der Waals surface area contributed by atoms with Gasteiger partial charge in [0.2, 0.25) is 0 Å². The zero-order valence-corrected chi connectivity index (χ0v) is 28.0. The molecule has 44 heavy (non-hydrogen) atoms. The Labute approximate surface area is 265 Å². The molecule has 0 bridgehead atoms. The lowest BCUT2D eigenvalue weighted by Gasteiger charge is -2.40. The maximum absolute atomic E-state index is 11.2. The van der Waals surface area contributed by atoms with E-state index in [1.54, 1.807) is 0 Å². The fourth-order valence-corrected chi connectivity index (χ4v) is 6.96. The molecule has 1 heterocycles. The summed E-state index contributed by atoms with van der Waals surface area (Å²) < 4.78 is 20.8. The molecule has 3 aromatic rings. The van der Waals surface area contributed by atoms with Crippen LogP contribution in [-0.4, -0.2) is 44.4 Å². The Morgan fingerprint density at radius 3 is 1.91 bits per heavy atom. The number of hydrogen-bond acceptors (Lipinski definition) is 5. The highest BCUT2D eigenvalue weighted by Gasteiger charge is 2.47. The van der Waals surface area contributed by atoms with Crippen LogP contribution < -0.4 is 0 Å². The molecule has 0 amide bonds. The Hall–Kier alpha value is -3.05. The summed E-state index contributed by atoms with van der Waals surface area (Å²) in [7, 11) is -2.14. The van der Waals surface area contributed by atoms with Crippen LogP contribution in [0.15, 0.2) is 103 Å². The summed E-state index contributed by atoms with van der Waals surface area (Å²) in [6, 6.07) is 33.3. The van der Waals surface area contributed by atoms with Gasteiger partial charge in [-0.15, -0.1) is 0 Å². The van der Waals surface area contributed by atoms with Crippen LogP contribution in [0.2, 0.25) is 18.1 Å². The standard InChI is InChI=1S/C38H49NO4Si/c1-37(2,3)44(4,5)43-35-28-34(33(40)26-18-7-6-8-19-27-39)42-36(35)29-41-38(30-20-12-9-13-21-30,31-22-14-10-15-23-31)32-24-16-11-17-25-32/h7,9-18,20-25,33-36,40H,6,8,19,26,28-29H2,1-5H3/b18-7-/t33-,34+,35+,36+/m1/s1. The van der Waals surface area contributed by atoms with E-state index in [9.17, 15) is 5.11 Å². The smallest absolute Gasteiger partial charge is 0.192 e. The molecule has 1 aliphatic rings. The Morgan fingerprint density at radius 2 is 1.43 bits per heavy atom. The van der Waals surface area contributed by atoms with Crippen molar-refractivity contribution >= 4 is 8.32 Å². The Kier molecular flexibility index (Phi) is 11.8. The zero-order valence-electron chi connectivity index (χ0n) is 27.0. The van der Waals surface area contributed by atoms with Crippen LogP contribution in [0.3, 0.4) is 0 Å². The molecule has 1 aliphatic heterocycles. The van der Waals surface area contributed by atoms with Crippen molar-refractivity contribution in [2.75, 3.05) is 6.61 Å². The molecule has 6 heteroatoms. The maximum atomic E-state index is 11.2. The Morgan fingerprint density at radius 1 is 0.909 bits per heavy atom. The third kappa shape index (κ3) is 8.15. The van der Waals surface area contributed by atoms with Gasteiger partial charge in [0.15, 0.2) is 8.32 Å². The molecule has 1 fully saturated rings. The third-order valence-electron chi connectivity index (χ3n) is 9.12. The van der Waals surface area contributed by atoms with Crippen molar-refractivity contribution in [1.29, 1.82) is 5.26 Å². The van der Waals surface area contributed by atoms with Gasteiger partial charge in [-0.1, -0.05) is 124 Å². The summed E-state index contributed by atoms with van der Waals surface area (Å²) in [6.45, 7) is 11.6. The molecule has 0 saturated carbocycles. The molecule has 0 aromatic heterocycles. The molecule has 0 spiro atoms. The molecule has 1 saturated heterocycles. The van der Waals surface area contributed by atoms with Crippen LogP contribution in [0.4, 0.5) is 0 Å². The Bertz CT molecular complexity index is 1250. The lowest BCUT2D eigenvalue weighted by Crippen LogP contribution is -2.47. The van der Waals surface area contributed by atoms with E-state index >= 15 is 0 Å². The summed E-state index contributed by atoms with van der Waals surface area (Å²) in [5.74, 6) is 0. The summed E-state index contributed by atoms with van der Waals surface area (Å²) in [5.41, 5.74) is 2.25. The third-order valence-corrected chi connectivity index (χ3v) is 13.6. The molecular formula is C38H49NO4Si. The van der Waals surface area contributed by atoms with Crippen LogP contribution >= 0.6 is 0 Å². The fraction of sp³-hybridized carbons (Fsp3) is 0.447. The normalized spacial score (nSPS) is 20.1. The van der Waals surface area contributed by atoms with Crippen LogP contribution in [0.25, 0.3) is 0 Å². The minimum Gasteiger partial charge on any atom is -0.411 e. The predicted octanol–water partition coefficient (Wildman–Crippen LogP) is 8.54. The first-order chi connectivity index (χ1) is 21.1. The number of nitrogens with zero attached hydrogens (tertiary/aromatic N) is 1. The van der Waals surface area contributed by atoms with E-state index in [4.69, 9.17) is 19.2 Å². The summed E-state index contributed by atoms with van der Waals surface area (Å²) >= 11 is 0. The largest absolute Gasteiger partial charge is 0.411 e. The van der Waals surface area contributed by atoms with Gasteiger partial charge in [-0.2, -0.15) is 5.26 Å². The van der Waals surface area contributed by atoms with Gasteiger partial charge in [-0.3, -0.25) is 0 Å². The summed E-state index contributed by atoms with van der Waals surface area (Å²) in [5, 5.41) is 20.0. The highest BCUT2D eigenvalue weighted by atomic mass is 28.4. The van der Waals surface area contributed by atoms with E-state index < -0.39 is 20.0 Å². The fourth-order valence-electron chi connectivity index (χ4n) is 5.60. The lowest BCUT2D eigenvalue weighted by molar-refractivity contribution is -0.0978. The number of unbranched alkanes of at least 4 members (excludes halogenated alkanes) is 2. The van der Waals surface area contributed by atoms with Crippen molar-refractivity contribution in [3.05, 3.63) is 120 Å². The van der Waals surface area contributed by atoms with Gasteiger partial charge in [0.1, 0.15) is 11.7 Å². The highest BCUT2D eigenvalue weighted by molar-refractivity contribution is 6.74. The number of aliphatic hydroxyl groups excluding tert-OH is 1. The maximum Gasteiger partial charge on any atom is 0.192 e. The molecule has 4 rings (SSSR count). The topological polar surface area (TPSA) is 71.7 Å². The second kappa shape index (κ2) is 15.3. The SMILES string of the molecule is CC(C)(C)[Si](C)(C)O[C@H]1C[C@@H]([C@H](O)C/C=C\CCCC#N)O[C@H]1COC(c1ccccc1)(c1ccccc1)c1ccccc1. The van der Waals surface area contributed by atoms with Gasteiger partial charge in [-0.05, 0) is 54.1 Å². The number of hydrogen-bond donors (Lipinski definition) is 1. The van der Waals surface area contributed by atoms with E-state index in [1.807, 2.05) is 30.4 Å². The molecule has 0 unspecified atom stereocenters. The van der Waals surface area contributed by atoms with Gasteiger partial charge in [0, 0.05) is 12.8 Å². The van der Waals surface area contributed by atoms with Crippen molar-refractivity contribution in [3.63, 3.8) is 0 Å². The molecule has 1 N–H and O–H groups in total. The van der Waals surface area contributed by atoms with E-state index in [0.717, 1.165) is 29.5 Å². The molecule has 5 nitrogen and oxygen atoms in total. The van der Waals surface area contributed by atoms with E-state index in [2.05, 4.69) is 113 Å². The first-order valence-electron chi connectivity index (χ1n) is 15.9. The molecule has 3 aromatic carbocycles. The number of aliphatic hydroxyl groups is 1. The van der Waals surface area contributed by atoms with Crippen molar-refractivity contribution in [2.45, 2.75) is 101 Å². The number of rotatable bonds is 14. The summed E-state index contributed by atoms with van der Waals surface area (Å²) in [4.78, 5) is 0. The van der Waals surface area contributed by atoms with Gasteiger partial charge in [0.25, 0.3) is 0 Å². The van der Waals surface area contributed by atoms with Gasteiger partial charge >= 0.3 is 0 Å². The van der Waals surface area contributed by atoms with E-state index in [1.165, 1.54) is 0 Å². The van der Waals surface area contributed by atoms with Gasteiger partial charge in [-0.25, -0.2) is 0 Å². The second-order valence-corrected chi connectivity index (χ2v) is 18.0. The Balaban J connectivity index is 1.64. The van der Waals surface area contributed by atoms with Crippen LogP contribution in [0.1, 0.15) is 69.6 Å². The first-order valence-corrected chi connectivity index (χ1v) is 18.8. The quantitative estimate of drug-likeness (QED) is 0.0856. The van der Waals surface area contributed by atoms with Crippen LogP contribution in [0.5, 0.6) is 0 Å². The minimum absolute atomic E-state index is 0.0309. The van der Waals surface area contributed by atoms with Crippen molar-refractivity contribution in [3.8, 4) is 6.07 Å². The number of nitriles is 1. The van der Waals surface area contributed by atoms with Crippen molar-refractivity contribution in [2.24, 2.45) is 0 Å². The van der Waals surface area contributed by atoms with Crippen molar-refractivity contribution < 1.29 is 19.0 Å². The first kappa shape index (κ1) is 33.8. The van der Waals surface area contributed by atoms with Crippen LogP contribution in [-0.2, 0) is 19.5 Å². The van der Waals surface area contributed by atoms with E-state index in [-0.39, 0.29) is 23.4 Å². The molecule has 234 valence electrons. The number of ether oxygens (including phenoxy) is 2. The second-order valence-electron chi connectivity index (χ2n) is 13.3. The van der Waals surface area contributed by atoms with Crippen LogP contribution in [0, 0.1) is 11.3 Å². The average molecular weight is 612 g/mol. The summed E-state index contributed by atoms with van der Waals surface area (Å²) in [6.07, 6.45) is 5.81.